The van der Waals surface area contributed by atoms with Gasteiger partial charge >= 0.3 is 51.4 Å². The molecule has 0 fully saturated rings. The van der Waals surface area contributed by atoms with Gasteiger partial charge < -0.3 is 9.84 Å². The molecule has 32 heavy (non-hydrogen) atoms. The van der Waals surface area contributed by atoms with Gasteiger partial charge in [-0.1, -0.05) is 95.1 Å². The first-order valence-corrected chi connectivity index (χ1v) is 12.9. The first-order valence-electron chi connectivity index (χ1n) is 11.5. The second kappa shape index (κ2) is 16.3. The van der Waals surface area contributed by atoms with Crippen LogP contribution in [0.2, 0.25) is 0 Å². The van der Waals surface area contributed by atoms with Crippen LogP contribution in [0.4, 0.5) is 0 Å². The molecule has 1 N–H and O–H groups in total. The second-order valence-corrected chi connectivity index (χ2v) is 9.50. The van der Waals surface area contributed by atoms with Crippen molar-refractivity contribution in [2.24, 2.45) is 0 Å². The monoisotopic (exact) mass is 486 g/mol. The Hall–Kier alpha value is -0.414. The Morgan fingerprint density at radius 3 is 1.94 bits per heavy atom. The van der Waals surface area contributed by atoms with Gasteiger partial charge in [0.05, 0.1) is 4.90 Å². The van der Waals surface area contributed by atoms with E-state index in [0.29, 0.717) is 5.75 Å². The van der Waals surface area contributed by atoms with Crippen molar-refractivity contribution in [2.45, 2.75) is 88.9 Å². The maximum Gasteiger partial charge on any atom is 1.00 e. The fourth-order valence-corrected chi connectivity index (χ4v) is 4.14. The maximum atomic E-state index is 12.2. The van der Waals surface area contributed by atoms with Crippen molar-refractivity contribution >= 4 is 10.1 Å². The summed E-state index contributed by atoms with van der Waals surface area (Å²) in [6.07, 6.45) is 15.0. The van der Waals surface area contributed by atoms with Crippen molar-refractivity contribution in [3.05, 3.63) is 48.0 Å². The molecule has 2 rings (SSSR count). The Labute approximate surface area is 236 Å². The summed E-state index contributed by atoms with van der Waals surface area (Å²) in [6, 6.07) is 10.9. The number of para-hydroxylation sites is 1. The van der Waals surface area contributed by atoms with E-state index < -0.39 is 20.8 Å². The van der Waals surface area contributed by atoms with Gasteiger partial charge in [0, 0.05) is 0 Å². The van der Waals surface area contributed by atoms with Gasteiger partial charge in [0.2, 0.25) is 0 Å². The zero-order chi connectivity index (χ0) is 22.5. The van der Waals surface area contributed by atoms with Gasteiger partial charge in [0.15, 0.2) is 0 Å². The quantitative estimate of drug-likeness (QED) is 0.236. The molecule has 0 atom stereocenters. The van der Waals surface area contributed by atoms with E-state index in [9.17, 15) is 13.5 Å². The minimum absolute atomic E-state index is 0. The van der Waals surface area contributed by atoms with Crippen LogP contribution in [0.15, 0.2) is 47.4 Å². The van der Waals surface area contributed by atoms with Crippen LogP contribution in [0.3, 0.4) is 0 Å². The Morgan fingerprint density at radius 1 is 0.812 bits per heavy atom. The third kappa shape index (κ3) is 11.1. The van der Waals surface area contributed by atoms with E-state index in [0.717, 1.165) is 24.5 Å². The van der Waals surface area contributed by atoms with E-state index in [4.69, 9.17) is 9.29 Å². The van der Waals surface area contributed by atoms with Crippen LogP contribution < -0.4 is 61.2 Å². The number of benzene rings is 2. The number of hydrogen-bond acceptors (Lipinski definition) is 4. The molecule has 0 aromatic heterocycles. The largest absolute Gasteiger partial charge is 1.00 e. The Balaban J connectivity index is 0.00000512. The summed E-state index contributed by atoms with van der Waals surface area (Å²) in [5.74, 6) is 0.0599. The molecule has 2 aromatic carbocycles. The van der Waals surface area contributed by atoms with Crippen LogP contribution >= 0.6 is 0 Å². The molecule has 0 radical (unpaired) electrons. The van der Waals surface area contributed by atoms with Crippen LogP contribution in [-0.4, -0.2) is 13.0 Å². The number of unbranched alkanes of at least 4 members (excludes halogenated alkanes) is 10. The normalized spacial score (nSPS) is 11.2. The van der Waals surface area contributed by atoms with Gasteiger partial charge in [-0.3, -0.25) is 4.55 Å². The molecule has 0 spiro atoms. The average molecular weight is 487 g/mol. The molecule has 0 unspecified atom stereocenters. The first kappa shape index (κ1) is 29.6. The minimum Gasteiger partial charge on any atom is -0.870 e. The molecule has 2 aromatic rings. The van der Waals surface area contributed by atoms with E-state index in [1.807, 2.05) is 24.3 Å². The van der Waals surface area contributed by atoms with E-state index in [-0.39, 0.29) is 57.1 Å². The summed E-state index contributed by atoms with van der Waals surface area (Å²) < 4.78 is 37.2. The van der Waals surface area contributed by atoms with Crippen molar-refractivity contribution in [1.82, 2.24) is 0 Å². The predicted molar refractivity (Wildman–Crippen MR) is 122 cm³/mol. The summed E-state index contributed by atoms with van der Waals surface area (Å²) in [4.78, 5) is -0.431. The van der Waals surface area contributed by atoms with E-state index in [1.54, 1.807) is 0 Å². The topological polar surface area (TPSA) is 86.7 Å². The van der Waals surface area contributed by atoms with E-state index >= 15 is 0 Å². The predicted octanol–water partition coefficient (Wildman–Crippen LogP) is 3.66. The summed E-state index contributed by atoms with van der Waals surface area (Å²) >= 11 is 0. The number of hydrogen-bond donors (Lipinski definition) is 1. The van der Waals surface area contributed by atoms with Crippen molar-refractivity contribution in [2.75, 3.05) is 0 Å². The molecule has 5 nitrogen and oxygen atoms in total. The molecule has 7 heteroatoms. The standard InChI is InChI=1S/C25H36O5S.K/c1-2-3-4-5-6-7-8-9-10-11-12-15-21-16-13-14-17-24(21)30-25-19-18-22(20-23(25)26)31(27,28)29;/h13-14,16-20,26H,2-12,15H2,1H3,(H,27,28,29);/q;+1/p-1. The van der Waals surface area contributed by atoms with Crippen LogP contribution in [0.1, 0.15) is 83.1 Å². The summed E-state index contributed by atoms with van der Waals surface area (Å²) in [6.45, 7) is 2.25. The van der Waals surface area contributed by atoms with E-state index in [2.05, 4.69) is 6.92 Å². The molecule has 0 saturated heterocycles. The third-order valence-corrected chi connectivity index (χ3v) is 6.30. The summed E-state index contributed by atoms with van der Waals surface area (Å²) in [5, 5.41) is 12.2. The van der Waals surface area contributed by atoms with Gasteiger partial charge in [-0.2, -0.15) is 8.42 Å². The van der Waals surface area contributed by atoms with Gasteiger partial charge in [0.1, 0.15) is 11.5 Å². The van der Waals surface area contributed by atoms with E-state index in [1.165, 1.54) is 76.3 Å². The van der Waals surface area contributed by atoms with Crippen molar-refractivity contribution < 1.29 is 74.2 Å². The summed E-state index contributed by atoms with van der Waals surface area (Å²) in [7, 11) is -4.41. The van der Waals surface area contributed by atoms with Gasteiger partial charge in [-0.05, 0) is 42.7 Å². The fourth-order valence-electron chi connectivity index (χ4n) is 3.64. The van der Waals surface area contributed by atoms with Crippen LogP contribution in [0.25, 0.3) is 0 Å². The van der Waals surface area contributed by atoms with Crippen molar-refractivity contribution in [1.29, 1.82) is 0 Å². The van der Waals surface area contributed by atoms with Gasteiger partial charge in [0.25, 0.3) is 10.1 Å². The fraction of sp³-hybridized carbons (Fsp3) is 0.520. The van der Waals surface area contributed by atoms with Crippen LogP contribution in [-0.2, 0) is 16.5 Å². The Morgan fingerprint density at radius 2 is 1.38 bits per heavy atom. The second-order valence-electron chi connectivity index (χ2n) is 8.08. The van der Waals surface area contributed by atoms with Gasteiger partial charge in [-0.25, -0.2) is 0 Å². The maximum absolute atomic E-state index is 12.2. The molecule has 172 valence electrons. The SMILES string of the molecule is CCCCCCCCCCCCCc1ccccc1Oc1ccc(S(=O)(=O)O)cc1[O-].[K+]. The minimum atomic E-state index is -4.41. The Bertz CT molecular complexity index is 899. The van der Waals surface area contributed by atoms with Gasteiger partial charge in [-0.15, -0.1) is 0 Å². The third-order valence-electron chi connectivity index (χ3n) is 5.46. The van der Waals surface area contributed by atoms with Crippen LogP contribution in [0.5, 0.6) is 17.2 Å². The zero-order valence-electron chi connectivity index (χ0n) is 19.5. The number of rotatable bonds is 15. The number of aryl methyl sites for hydroxylation is 1. The van der Waals surface area contributed by atoms with Crippen molar-refractivity contribution in [3.8, 4) is 17.2 Å². The van der Waals surface area contributed by atoms with Crippen molar-refractivity contribution in [3.63, 3.8) is 0 Å². The molecule has 0 bridgehead atoms. The molecular weight excluding hydrogens is 451 g/mol. The molecule has 0 aliphatic rings. The molecule has 0 saturated carbocycles. The molecular formula is C25H35KO5S. The smallest absolute Gasteiger partial charge is 0.870 e. The number of ether oxygens (including phenoxy) is 1. The molecule has 0 amide bonds. The van der Waals surface area contributed by atoms with Crippen LogP contribution in [0, 0.1) is 0 Å². The summed E-state index contributed by atoms with van der Waals surface area (Å²) in [5.41, 5.74) is 1.02. The first-order chi connectivity index (χ1) is 14.9. The molecule has 0 aliphatic heterocycles. The molecule has 0 heterocycles. The Kier molecular flexibility index (Phi) is 15.0. The zero-order valence-corrected chi connectivity index (χ0v) is 23.5. The molecule has 0 aliphatic carbocycles. The average Bonchev–Trinajstić information content (AvgIpc) is 2.73.